The van der Waals surface area contributed by atoms with Gasteiger partial charge < -0.3 is 10.0 Å². The van der Waals surface area contributed by atoms with E-state index >= 15 is 0 Å². The minimum absolute atomic E-state index is 0. The number of ketones is 1. The molecule has 0 unspecified atom stereocenters. The van der Waals surface area contributed by atoms with Crippen molar-refractivity contribution in [3.8, 4) is 5.75 Å². The Morgan fingerprint density at radius 2 is 1.93 bits per heavy atom. The molecular weight excluding hydrogens is 415 g/mol. The Kier molecular flexibility index (Phi) is 7.58. The van der Waals surface area contributed by atoms with Crippen LogP contribution in [-0.4, -0.2) is 27.7 Å². The highest BCUT2D eigenvalue weighted by Crippen LogP contribution is 2.33. The topological polar surface area (TPSA) is 57.6 Å². The van der Waals surface area contributed by atoms with Crippen molar-refractivity contribution in [2.45, 2.75) is 51.4 Å². The first-order chi connectivity index (χ1) is 13.6. The van der Waals surface area contributed by atoms with Gasteiger partial charge in [0.25, 0.3) is 0 Å². The van der Waals surface area contributed by atoms with Crippen LogP contribution in [0, 0.1) is 6.92 Å². The molecule has 0 radical (unpaired) electrons. The Balaban J connectivity index is 0.00000320. The van der Waals surface area contributed by atoms with Crippen LogP contribution >= 0.6 is 13.5 Å². The van der Waals surface area contributed by atoms with Crippen molar-refractivity contribution < 1.29 is 27.9 Å². The normalized spacial score (nSPS) is 16.5. The van der Waals surface area contributed by atoms with E-state index in [1.807, 2.05) is 31.2 Å². The molecule has 1 amide bonds. The molecule has 8 heteroatoms. The van der Waals surface area contributed by atoms with Crippen LogP contribution in [0.4, 0.5) is 13.2 Å². The van der Waals surface area contributed by atoms with Gasteiger partial charge >= 0.3 is 6.18 Å². The molecule has 1 aliphatic heterocycles. The van der Waals surface area contributed by atoms with Crippen molar-refractivity contribution >= 4 is 25.2 Å². The van der Waals surface area contributed by atoms with Gasteiger partial charge in [0.1, 0.15) is 5.75 Å². The van der Waals surface area contributed by atoms with Gasteiger partial charge in [-0.25, -0.2) is 0 Å². The largest absolute Gasteiger partial charge is 0.507 e. The number of halogens is 3. The molecule has 30 heavy (non-hydrogen) atoms. The number of hydrogen-bond acceptors (Lipinski definition) is 3. The van der Waals surface area contributed by atoms with Gasteiger partial charge in [-0.3, -0.25) is 9.59 Å². The number of amides is 1. The summed E-state index contributed by atoms with van der Waals surface area (Å²) >= 11 is 0. The molecule has 0 bridgehead atoms. The lowest BCUT2D eigenvalue weighted by Crippen LogP contribution is -2.32. The Bertz CT molecular complexity index is 930. The number of benzene rings is 2. The quantitative estimate of drug-likeness (QED) is 0.646. The first-order valence-corrected chi connectivity index (χ1v) is 9.43. The molecule has 0 saturated carbocycles. The van der Waals surface area contributed by atoms with Gasteiger partial charge in [0, 0.05) is 25.4 Å². The third kappa shape index (κ3) is 5.56. The number of likely N-dealkylation sites (tertiary alicyclic amines) is 1. The summed E-state index contributed by atoms with van der Waals surface area (Å²) in [6.07, 6.45) is -3.31. The predicted molar refractivity (Wildman–Crippen MR) is 112 cm³/mol. The number of hydrogen-bond donors (Lipinski definition) is 1. The van der Waals surface area contributed by atoms with Crippen molar-refractivity contribution in [3.63, 3.8) is 0 Å². The van der Waals surface area contributed by atoms with E-state index in [2.05, 4.69) is 0 Å². The molecule has 1 fully saturated rings. The van der Waals surface area contributed by atoms with Crippen LogP contribution in [-0.2, 0) is 17.5 Å². The Labute approximate surface area is 180 Å². The van der Waals surface area contributed by atoms with Crippen LogP contribution in [0.5, 0.6) is 5.75 Å². The van der Waals surface area contributed by atoms with E-state index in [0.717, 1.165) is 23.3 Å². The van der Waals surface area contributed by atoms with Gasteiger partial charge in [-0.15, -0.1) is 0 Å². The van der Waals surface area contributed by atoms with E-state index in [1.54, 1.807) is 4.90 Å². The maximum absolute atomic E-state index is 12.9. The van der Waals surface area contributed by atoms with Crippen LogP contribution < -0.4 is 0 Å². The second kappa shape index (κ2) is 9.55. The third-order valence-electron chi connectivity index (χ3n) is 5.22. The van der Waals surface area contributed by atoms with Crippen LogP contribution in [0.2, 0.25) is 0 Å². The van der Waals surface area contributed by atoms with Gasteiger partial charge in [-0.05, 0) is 43.5 Å². The highest BCUT2D eigenvalue weighted by Gasteiger charge is 2.33. The summed E-state index contributed by atoms with van der Waals surface area (Å²) in [5.41, 5.74) is 0.762. The fraction of sp³-hybridized carbons (Fsp3) is 0.364. The van der Waals surface area contributed by atoms with Crippen molar-refractivity contribution in [1.29, 1.82) is 0 Å². The number of Topliss-reactive ketones (excluding diaryl/α,β-unsaturated/α-hetero) is 1. The van der Waals surface area contributed by atoms with Gasteiger partial charge in [0.15, 0.2) is 5.78 Å². The molecule has 1 atom stereocenters. The number of phenolic OH excluding ortho intramolecular Hbond substituents is 1. The van der Waals surface area contributed by atoms with E-state index < -0.39 is 23.3 Å². The van der Waals surface area contributed by atoms with E-state index in [9.17, 15) is 27.9 Å². The number of alkyl halides is 3. The van der Waals surface area contributed by atoms with Crippen LogP contribution in [0.15, 0.2) is 42.5 Å². The molecule has 4 nitrogen and oxygen atoms in total. The number of carbonyl (C=O) groups excluding carboxylic acids is 2. The predicted octanol–water partition coefficient (Wildman–Crippen LogP) is 4.99. The molecule has 1 saturated heterocycles. The molecule has 2 aromatic rings. The minimum Gasteiger partial charge on any atom is -0.507 e. The molecule has 162 valence electrons. The van der Waals surface area contributed by atoms with Crippen molar-refractivity contribution in [2.75, 3.05) is 0 Å². The highest BCUT2D eigenvalue weighted by molar-refractivity contribution is 7.59. The SMILES string of the molecule is Cc1cccc(CN2C(=O)CC[C@H]2CCC(=O)c2cc(C(F)(F)F)ccc2O)c1.S. The van der Waals surface area contributed by atoms with Gasteiger partial charge in [-0.2, -0.15) is 26.7 Å². The zero-order valence-electron chi connectivity index (χ0n) is 16.5. The second-order valence-electron chi connectivity index (χ2n) is 7.39. The first-order valence-electron chi connectivity index (χ1n) is 9.43. The summed E-state index contributed by atoms with van der Waals surface area (Å²) in [6.45, 7) is 2.40. The van der Waals surface area contributed by atoms with E-state index in [1.165, 1.54) is 0 Å². The number of nitrogens with zero attached hydrogens (tertiary/aromatic N) is 1. The average Bonchev–Trinajstić information content (AvgIpc) is 2.99. The molecule has 0 spiro atoms. The van der Waals surface area contributed by atoms with Gasteiger partial charge in [-0.1, -0.05) is 29.8 Å². The number of rotatable bonds is 6. The summed E-state index contributed by atoms with van der Waals surface area (Å²) < 4.78 is 38.7. The van der Waals surface area contributed by atoms with Crippen LogP contribution in [0.25, 0.3) is 0 Å². The number of aryl methyl sites for hydroxylation is 1. The molecule has 2 aromatic carbocycles. The molecule has 1 N–H and O–H groups in total. The average molecular weight is 439 g/mol. The Morgan fingerprint density at radius 1 is 1.20 bits per heavy atom. The minimum atomic E-state index is -4.59. The van der Waals surface area contributed by atoms with E-state index in [0.29, 0.717) is 31.9 Å². The fourth-order valence-electron chi connectivity index (χ4n) is 3.69. The van der Waals surface area contributed by atoms with Gasteiger partial charge in [0.05, 0.1) is 11.1 Å². The first kappa shape index (κ1) is 23.8. The van der Waals surface area contributed by atoms with Gasteiger partial charge in [0.2, 0.25) is 5.91 Å². The zero-order chi connectivity index (χ0) is 21.2. The summed E-state index contributed by atoms with van der Waals surface area (Å²) in [4.78, 5) is 26.5. The maximum atomic E-state index is 12.9. The number of aromatic hydroxyl groups is 1. The van der Waals surface area contributed by atoms with Crippen molar-refractivity contribution in [3.05, 3.63) is 64.7 Å². The maximum Gasteiger partial charge on any atom is 0.416 e. The van der Waals surface area contributed by atoms with Crippen LogP contribution in [0.1, 0.15) is 52.7 Å². The molecule has 1 heterocycles. The lowest BCUT2D eigenvalue weighted by molar-refractivity contribution is -0.137. The van der Waals surface area contributed by atoms with Crippen LogP contribution in [0.3, 0.4) is 0 Å². The fourth-order valence-corrected chi connectivity index (χ4v) is 3.69. The molecule has 3 rings (SSSR count). The zero-order valence-corrected chi connectivity index (χ0v) is 17.5. The Hall–Kier alpha value is -2.48. The van der Waals surface area contributed by atoms with Crippen molar-refractivity contribution in [2.24, 2.45) is 0 Å². The summed E-state index contributed by atoms with van der Waals surface area (Å²) in [7, 11) is 0. The molecular formula is C22H24F3NO3S. The molecule has 0 aliphatic carbocycles. The highest BCUT2D eigenvalue weighted by atomic mass is 32.1. The standard InChI is InChI=1S/C22H22F3NO3.H2S/c1-14-3-2-4-15(11-14)13-26-17(7-10-21(26)29)6-9-20(28)18-12-16(22(23,24)25)5-8-19(18)27;/h2-5,8,11-12,17,27H,6-7,9-10,13H2,1H3;1H2/t17-;/m1./s1. The number of carbonyl (C=O) groups is 2. The van der Waals surface area contributed by atoms with E-state index in [-0.39, 0.29) is 37.4 Å². The summed E-state index contributed by atoms with van der Waals surface area (Å²) in [6, 6.07) is 9.97. The summed E-state index contributed by atoms with van der Waals surface area (Å²) in [5.74, 6) is -1.03. The smallest absolute Gasteiger partial charge is 0.416 e. The Morgan fingerprint density at radius 3 is 2.60 bits per heavy atom. The molecule has 1 aliphatic rings. The van der Waals surface area contributed by atoms with E-state index in [4.69, 9.17) is 0 Å². The molecule has 0 aromatic heterocycles. The summed E-state index contributed by atoms with van der Waals surface area (Å²) in [5, 5.41) is 9.83. The second-order valence-corrected chi connectivity index (χ2v) is 7.39. The number of phenols is 1. The third-order valence-corrected chi connectivity index (χ3v) is 5.22. The lowest BCUT2D eigenvalue weighted by atomic mass is 9.99. The lowest BCUT2D eigenvalue weighted by Gasteiger charge is -2.25. The van der Waals surface area contributed by atoms with Crippen molar-refractivity contribution in [1.82, 2.24) is 4.90 Å². The monoisotopic (exact) mass is 439 g/mol.